The molecule has 2 heterocycles. The largest absolute Gasteiger partial charge is 0.481 e. The van der Waals surface area contributed by atoms with E-state index >= 15 is 0 Å². The van der Waals surface area contributed by atoms with Crippen molar-refractivity contribution in [3.63, 3.8) is 0 Å². The number of rotatable bonds is 48. The maximum Gasteiger partial charge on any atom is 0.303 e. The van der Waals surface area contributed by atoms with E-state index in [-0.39, 0.29) is 114 Å². The van der Waals surface area contributed by atoms with Crippen LogP contribution in [0.1, 0.15) is 178 Å². The van der Waals surface area contributed by atoms with Crippen LogP contribution in [0.25, 0.3) is 10.9 Å². The van der Waals surface area contributed by atoms with Crippen molar-refractivity contribution in [3.8, 4) is 0 Å². The molecule has 0 radical (unpaired) electrons. The molecule has 12 atom stereocenters. The van der Waals surface area contributed by atoms with E-state index in [2.05, 4.69) is 68.8 Å². The van der Waals surface area contributed by atoms with Gasteiger partial charge in [-0.25, -0.2) is 0 Å². The Balaban J connectivity index is 1.89. The molecule has 3 rings (SSSR count). The summed E-state index contributed by atoms with van der Waals surface area (Å²) in [5.74, 6) is -15.1. The molecular weight excluding hydrogens is 1400 g/mol. The molecule has 36 nitrogen and oxygen atoms in total. The number of amides is 14. The lowest BCUT2D eigenvalue weighted by Crippen LogP contribution is -2.61. The van der Waals surface area contributed by atoms with Gasteiger partial charge in [0, 0.05) is 56.4 Å². The van der Waals surface area contributed by atoms with Crippen LogP contribution >= 0.6 is 0 Å². The number of hydrogen-bond donors (Lipinski definition) is 20. The third kappa shape index (κ3) is 30.5. The summed E-state index contributed by atoms with van der Waals surface area (Å²) in [6.45, 7) is 18.2. The summed E-state index contributed by atoms with van der Waals surface area (Å²) < 4.78 is 0. The van der Waals surface area contributed by atoms with E-state index in [0.717, 1.165) is 10.9 Å². The van der Waals surface area contributed by atoms with Gasteiger partial charge in [0.2, 0.25) is 76.8 Å². The molecule has 602 valence electrons. The molecule has 0 saturated carbocycles. The highest BCUT2D eigenvalue weighted by Crippen LogP contribution is 2.24. The average molecular weight is 1520 g/mol. The van der Waals surface area contributed by atoms with Gasteiger partial charge in [-0.15, -0.1) is 0 Å². The molecule has 25 N–H and O–H groups in total. The van der Waals surface area contributed by atoms with Crippen LogP contribution in [0.2, 0.25) is 0 Å². The lowest BCUT2D eigenvalue weighted by Gasteiger charge is -2.32. The second kappa shape index (κ2) is 46.1. The highest BCUT2D eigenvalue weighted by Gasteiger charge is 2.42. The number of guanidine groups is 1. The van der Waals surface area contributed by atoms with Crippen LogP contribution in [0.4, 0.5) is 0 Å². The van der Waals surface area contributed by atoms with Crippen molar-refractivity contribution in [3.05, 3.63) is 47.3 Å². The van der Waals surface area contributed by atoms with Crippen LogP contribution in [0, 0.1) is 29.1 Å². The molecule has 0 aliphatic carbocycles. The zero-order valence-electron chi connectivity index (χ0n) is 64.1. The monoisotopic (exact) mass is 1520 g/mol. The van der Waals surface area contributed by atoms with E-state index in [4.69, 9.17) is 34.1 Å². The number of primary amides is 2. The van der Waals surface area contributed by atoms with Gasteiger partial charge in [-0.3, -0.25) is 77.3 Å². The molecule has 2 aromatic rings. The number of allylic oxidation sites excluding steroid dienone is 1. The molecule has 2 unspecified atom stereocenters. The molecule has 1 fully saturated rings. The molecule has 0 spiro atoms. The maximum atomic E-state index is 14.8. The number of H-pyrrole nitrogens is 1. The molecule has 1 aromatic heterocycles. The number of carboxylic acids is 1. The standard InChI is InChI=1S/C72H118N20O16/c1-12-41(10)59(70(107)87-51(34-37(2)3)65(102)82-46(60(76)97)26-28-54(75)94)91-63(100)48(22-15-16-30-73)83-62(99)49(23-17-31-74)84-69(106)57(39(6)7)89-67(104)53-25-19-33-92(53)71(108)58(40(8)9)90-64(101)50(27-29-55(95)96)85-68(105)56(38(4)5)88-66(103)52(35-43-36-80-45-21-14-13-20-44(43)45)86-61(98)47(81-42(11)93)24-18-32-79-72(77)78/h13-14,20-21,36-38,40-41,46-53,56,58-59,80H,12,15-19,22-35,73-74H2,1-11H3,(H2,75,94)(H2,76,97)(H,81,93)(H,82,102)(H,83,99)(H,84,106)(H,85,105)(H,86,98)(H,87,107)(H,88,103)(H,89,104)(H,90,101)(H,91,100)(H,95,96)(H4,77,78,79)/t41?,46-,47-,48-,49-,50-,51-,52-,53?,56-,58-,59-/m0/s1. The Morgan fingerprint density at radius 3 is 1.64 bits per heavy atom. The Labute approximate surface area is 630 Å². The Bertz CT molecular complexity index is 3500. The van der Waals surface area contributed by atoms with E-state index in [0.29, 0.717) is 31.2 Å². The minimum Gasteiger partial charge on any atom is -0.481 e. The quantitative estimate of drug-likeness (QED) is 0.0149. The van der Waals surface area contributed by atoms with Crippen LogP contribution in [-0.2, 0) is 78.3 Å². The van der Waals surface area contributed by atoms with Crippen molar-refractivity contribution in [1.82, 2.24) is 73.7 Å². The van der Waals surface area contributed by atoms with Gasteiger partial charge in [0.25, 0.3) is 5.91 Å². The van der Waals surface area contributed by atoms with E-state index in [1.54, 1.807) is 73.7 Å². The van der Waals surface area contributed by atoms with Crippen LogP contribution in [0.5, 0.6) is 0 Å². The highest BCUT2D eigenvalue weighted by atomic mass is 16.4. The highest BCUT2D eigenvalue weighted by molar-refractivity contribution is 6.03. The summed E-state index contributed by atoms with van der Waals surface area (Å²) in [5.41, 5.74) is 29.2. The van der Waals surface area contributed by atoms with E-state index in [1.165, 1.54) is 25.7 Å². The Morgan fingerprint density at radius 2 is 1.07 bits per heavy atom. The first kappa shape index (κ1) is 91.9. The molecule has 0 bridgehead atoms. The number of carboxylic acid groups (broad SMARTS) is 1. The summed E-state index contributed by atoms with van der Waals surface area (Å²) in [7, 11) is 0. The molecule has 1 aliphatic heterocycles. The van der Waals surface area contributed by atoms with Crippen LogP contribution < -0.4 is 92.5 Å². The number of unbranched alkanes of at least 4 members (excludes halogenated alkanes) is 1. The first-order valence-corrected chi connectivity index (χ1v) is 37.0. The number of carbonyl (C=O) groups excluding carboxylic acids is 14. The number of para-hydroxylation sites is 1. The van der Waals surface area contributed by atoms with E-state index in [1.807, 2.05) is 12.1 Å². The van der Waals surface area contributed by atoms with Gasteiger partial charge in [0.1, 0.15) is 72.2 Å². The van der Waals surface area contributed by atoms with E-state index in [9.17, 15) is 77.0 Å². The summed E-state index contributed by atoms with van der Waals surface area (Å²) in [6, 6.07) is -7.48. The van der Waals surface area contributed by atoms with Crippen LogP contribution in [0.15, 0.2) is 41.7 Å². The van der Waals surface area contributed by atoms with E-state index < -0.39 is 186 Å². The molecule has 1 aromatic carbocycles. The number of aliphatic carboxylic acids is 1. The number of carbonyl (C=O) groups is 15. The minimum absolute atomic E-state index is 0.00903. The molecular formula is C72H118N20O16. The lowest BCUT2D eigenvalue weighted by atomic mass is 9.96. The fourth-order valence-corrected chi connectivity index (χ4v) is 12.1. The number of hydrogen-bond acceptors (Lipinski definition) is 18. The van der Waals surface area contributed by atoms with Gasteiger partial charge in [-0.2, -0.15) is 0 Å². The van der Waals surface area contributed by atoms with Gasteiger partial charge in [-0.05, 0) is 145 Å². The van der Waals surface area contributed by atoms with Gasteiger partial charge >= 0.3 is 5.97 Å². The predicted molar refractivity (Wildman–Crippen MR) is 402 cm³/mol. The Morgan fingerprint density at radius 1 is 0.574 bits per heavy atom. The zero-order valence-corrected chi connectivity index (χ0v) is 64.1. The van der Waals surface area contributed by atoms with Crippen molar-refractivity contribution >= 4 is 106 Å². The van der Waals surface area contributed by atoms with Crippen LogP contribution in [0.3, 0.4) is 0 Å². The third-order valence-electron chi connectivity index (χ3n) is 18.4. The zero-order chi connectivity index (χ0) is 81.2. The van der Waals surface area contributed by atoms with Crippen LogP contribution in [-0.4, -0.2) is 202 Å². The summed E-state index contributed by atoms with van der Waals surface area (Å²) >= 11 is 0. The lowest BCUT2D eigenvalue weighted by molar-refractivity contribution is -0.143. The topological polar surface area (TPSA) is 594 Å². The molecule has 1 aliphatic rings. The smallest absolute Gasteiger partial charge is 0.303 e. The summed E-state index contributed by atoms with van der Waals surface area (Å²) in [5, 5.41) is 49.9. The van der Waals surface area contributed by atoms with Gasteiger partial charge in [0.05, 0.1) is 0 Å². The minimum atomic E-state index is -1.63. The maximum absolute atomic E-state index is 14.8. The average Bonchev–Trinajstić information content (AvgIpc) is 1.63. The Hall–Kier alpha value is -10.3. The number of aromatic amines is 1. The summed E-state index contributed by atoms with van der Waals surface area (Å²) in [6.07, 6.45) is 2.05. The second-order valence-corrected chi connectivity index (χ2v) is 28.7. The second-order valence-electron chi connectivity index (χ2n) is 28.7. The summed E-state index contributed by atoms with van der Waals surface area (Å²) in [4.78, 5) is 211. The number of nitrogens with zero attached hydrogens (tertiary/aromatic N) is 1. The number of likely N-dealkylation sites (tertiary alicyclic amines) is 1. The van der Waals surface area contributed by atoms with Crippen molar-refractivity contribution in [1.29, 1.82) is 5.41 Å². The fraction of sp³-hybridized carbons (Fsp3) is 0.639. The third-order valence-corrected chi connectivity index (χ3v) is 18.4. The number of fused-ring (bicyclic) bond motifs is 1. The first-order chi connectivity index (χ1) is 50.8. The molecule has 14 amide bonds. The number of nitrogens with one attached hydrogen (secondary N) is 14. The van der Waals surface area contributed by atoms with Crippen molar-refractivity contribution < 1.29 is 77.0 Å². The molecule has 1 saturated heterocycles. The predicted octanol–water partition coefficient (Wildman–Crippen LogP) is -1.87. The number of nitrogens with two attached hydrogens (primary N) is 5. The van der Waals surface area contributed by atoms with Gasteiger partial charge in [-0.1, -0.05) is 80.0 Å². The first-order valence-electron chi connectivity index (χ1n) is 37.0. The van der Waals surface area contributed by atoms with Gasteiger partial charge in [0.15, 0.2) is 5.96 Å². The van der Waals surface area contributed by atoms with Crippen molar-refractivity contribution in [2.75, 3.05) is 26.2 Å². The fourth-order valence-electron chi connectivity index (χ4n) is 12.1. The SMILES string of the molecule is CCC(C)[C@H](NC(=O)[C@H](CCCCN)NC(=O)[C@H](CCCN)NC(=O)C(NC(=O)C1CCCN1C(=O)[C@@H](NC(=O)[C@H](CCC(=O)O)NC(=O)[C@@H](NC(=O)[C@H](Cc1c[nH]c2ccccc12)NC(=O)[C@H](CCCNC(=N)N)NC(C)=O)C(C)C)C(C)C)=C(C)C)C(=O)N[C@@H](CC(C)C)C(=O)N[C@@H](CCC(N)=O)C(N)=O. The van der Waals surface area contributed by atoms with Crippen molar-refractivity contribution in [2.45, 2.75) is 245 Å². The number of aromatic nitrogens is 1. The normalized spacial score (nSPS) is 15.7. The number of benzene rings is 1. The van der Waals surface area contributed by atoms with Crippen molar-refractivity contribution in [2.24, 2.45) is 52.3 Å². The molecule has 36 heteroatoms. The van der Waals surface area contributed by atoms with Gasteiger partial charge < -0.3 is 107 Å². The molecule has 108 heavy (non-hydrogen) atoms. The Kier molecular flexibility index (Phi) is 39.2.